The Balaban J connectivity index is 1.47. The van der Waals surface area contributed by atoms with E-state index in [0.29, 0.717) is 31.2 Å². The molecule has 0 unspecified atom stereocenters. The van der Waals surface area contributed by atoms with Gasteiger partial charge in [0.15, 0.2) is 0 Å². The van der Waals surface area contributed by atoms with E-state index in [1.54, 1.807) is 18.5 Å². The Morgan fingerprint density at radius 2 is 2.15 bits per heavy atom. The van der Waals surface area contributed by atoms with E-state index in [0.717, 1.165) is 35.4 Å². The molecule has 2 aliphatic rings. The molecule has 0 saturated carbocycles. The van der Waals surface area contributed by atoms with Crippen LogP contribution in [-0.4, -0.2) is 25.7 Å². The Labute approximate surface area is 193 Å². The zero-order valence-electron chi connectivity index (χ0n) is 18.4. The Morgan fingerprint density at radius 1 is 1.30 bits per heavy atom. The molecule has 1 atom stereocenters. The van der Waals surface area contributed by atoms with E-state index in [-0.39, 0.29) is 11.5 Å². The Bertz CT molecular complexity index is 1140. The van der Waals surface area contributed by atoms with Gasteiger partial charge < -0.3 is 15.4 Å². The summed E-state index contributed by atoms with van der Waals surface area (Å²) in [6.07, 6.45) is 7.78. The molecule has 1 fully saturated rings. The quantitative estimate of drug-likeness (QED) is 0.359. The maximum atomic E-state index is 14.2. The van der Waals surface area contributed by atoms with Gasteiger partial charge in [0.2, 0.25) is 0 Å². The number of nitrogens with one attached hydrogen (secondary N) is 2. The van der Waals surface area contributed by atoms with Crippen LogP contribution in [0.2, 0.25) is 0 Å². The van der Waals surface area contributed by atoms with E-state index < -0.39 is 0 Å². The van der Waals surface area contributed by atoms with E-state index in [4.69, 9.17) is 10.00 Å². The van der Waals surface area contributed by atoms with Crippen molar-refractivity contribution in [2.75, 3.05) is 13.2 Å². The predicted molar refractivity (Wildman–Crippen MR) is 129 cm³/mol. The van der Waals surface area contributed by atoms with Crippen LogP contribution < -0.4 is 15.4 Å². The highest BCUT2D eigenvalue weighted by Gasteiger charge is 2.19. The van der Waals surface area contributed by atoms with Crippen LogP contribution in [-0.2, 0) is 13.0 Å². The molecule has 168 valence electrons. The van der Waals surface area contributed by atoms with Gasteiger partial charge in [0.1, 0.15) is 23.3 Å². The molecule has 33 heavy (non-hydrogen) atoms. The number of allylic oxidation sites excluding steroid dienone is 2. The van der Waals surface area contributed by atoms with Crippen LogP contribution in [0, 0.1) is 17.1 Å². The van der Waals surface area contributed by atoms with Gasteiger partial charge in [-0.25, -0.2) is 14.4 Å². The Morgan fingerprint density at radius 3 is 2.91 bits per heavy atom. The second-order valence-electron chi connectivity index (χ2n) is 7.93. The van der Waals surface area contributed by atoms with Crippen LogP contribution in [0.3, 0.4) is 0 Å². The Kier molecular flexibility index (Phi) is 7.28. The number of benzene rings is 2. The number of ether oxygens (including phenoxy) is 1. The summed E-state index contributed by atoms with van der Waals surface area (Å²) in [6.45, 7) is 5.53. The minimum Gasteiger partial charge on any atom is -0.493 e. The zero-order valence-corrected chi connectivity index (χ0v) is 18.4. The van der Waals surface area contributed by atoms with Gasteiger partial charge in [0.05, 0.1) is 12.9 Å². The summed E-state index contributed by atoms with van der Waals surface area (Å²) in [5, 5.41) is 15.5. The van der Waals surface area contributed by atoms with Gasteiger partial charge in [-0.05, 0) is 42.6 Å². The third-order valence-corrected chi connectivity index (χ3v) is 5.79. The number of rotatable bonds is 8. The third-order valence-electron chi connectivity index (χ3n) is 5.79. The van der Waals surface area contributed by atoms with Crippen molar-refractivity contribution < 1.29 is 9.13 Å². The lowest BCUT2D eigenvalue weighted by Gasteiger charge is -2.11. The van der Waals surface area contributed by atoms with E-state index in [1.807, 2.05) is 18.2 Å². The molecule has 4 rings (SSSR count). The number of nitrogens with zero attached hydrogens (tertiary/aromatic N) is 3. The number of fused-ring (bicyclic) bond motifs is 1. The number of nitriles is 1. The van der Waals surface area contributed by atoms with E-state index in [2.05, 4.69) is 39.3 Å². The van der Waals surface area contributed by atoms with E-state index in [1.165, 1.54) is 24.4 Å². The second kappa shape index (κ2) is 10.7. The summed E-state index contributed by atoms with van der Waals surface area (Å²) in [5.41, 5.74) is 4.53. The molecule has 2 aromatic rings. The van der Waals surface area contributed by atoms with Crippen molar-refractivity contribution in [2.45, 2.75) is 31.8 Å². The first kappa shape index (κ1) is 22.4. The normalized spacial score (nSPS) is 17.8. The van der Waals surface area contributed by atoms with Crippen molar-refractivity contribution in [1.29, 1.82) is 5.26 Å². The number of halogens is 1. The van der Waals surface area contributed by atoms with Crippen LogP contribution in [0.5, 0.6) is 5.75 Å². The largest absolute Gasteiger partial charge is 0.493 e. The lowest BCUT2D eigenvalue weighted by atomic mass is 10.0. The number of hydrogen-bond donors (Lipinski definition) is 2. The van der Waals surface area contributed by atoms with Gasteiger partial charge in [0.25, 0.3) is 0 Å². The molecule has 2 aliphatic heterocycles. The van der Waals surface area contributed by atoms with Gasteiger partial charge in [-0.1, -0.05) is 30.8 Å². The maximum Gasteiger partial charge on any atom is 0.133 e. The van der Waals surface area contributed by atoms with Crippen molar-refractivity contribution in [3.63, 3.8) is 0 Å². The molecule has 2 heterocycles. The summed E-state index contributed by atoms with van der Waals surface area (Å²) in [6, 6.07) is 13.7. The average Bonchev–Trinajstić information content (AvgIpc) is 3.54. The van der Waals surface area contributed by atoms with Crippen molar-refractivity contribution in [3.05, 3.63) is 82.9 Å². The van der Waals surface area contributed by atoms with Crippen LogP contribution in [0.25, 0.3) is 5.57 Å². The predicted octanol–water partition coefficient (Wildman–Crippen LogP) is 4.45. The third kappa shape index (κ3) is 5.54. The summed E-state index contributed by atoms with van der Waals surface area (Å²) >= 11 is 0. The molecule has 2 N–H and O–H groups in total. The second-order valence-corrected chi connectivity index (χ2v) is 7.93. The van der Waals surface area contributed by atoms with Gasteiger partial charge in [0, 0.05) is 48.1 Å². The summed E-state index contributed by atoms with van der Waals surface area (Å²) in [5.74, 6) is 0.493. The fourth-order valence-electron chi connectivity index (χ4n) is 4.06. The lowest BCUT2D eigenvalue weighted by molar-refractivity contribution is 0.356. The van der Waals surface area contributed by atoms with Gasteiger partial charge >= 0.3 is 0 Å². The summed E-state index contributed by atoms with van der Waals surface area (Å²) in [4.78, 5) is 8.42. The molecule has 0 aromatic heterocycles. The molecule has 0 aliphatic carbocycles. The molecule has 2 aromatic carbocycles. The van der Waals surface area contributed by atoms with Crippen molar-refractivity contribution >= 4 is 18.1 Å². The standard InChI is InChI=1S/C26H26FN5O/c1-18(13-28)32-15-21(19-4-6-20(7-5-19)25-3-2-11-31-25)14-29-17-30-16-23-22-10-12-33-26(22)9-8-24(23)27/h4-9,14-15,17,25,31H,1-3,10-12,16H2,(H,29,30)/b21-14+,32-15+/t25-/m1/s1. The zero-order chi connectivity index (χ0) is 23.0. The monoisotopic (exact) mass is 443 g/mol. The smallest absolute Gasteiger partial charge is 0.133 e. The van der Waals surface area contributed by atoms with Crippen molar-refractivity contribution in [1.82, 2.24) is 10.6 Å². The van der Waals surface area contributed by atoms with Crippen LogP contribution in [0.4, 0.5) is 4.39 Å². The molecular formula is C26H26FN5O. The van der Waals surface area contributed by atoms with E-state index in [9.17, 15) is 4.39 Å². The highest BCUT2D eigenvalue weighted by atomic mass is 19.1. The first-order valence-electron chi connectivity index (χ1n) is 11.0. The van der Waals surface area contributed by atoms with E-state index >= 15 is 0 Å². The SMILES string of the molecule is C=C(C#N)/N=C/C(=C\N=C\NCc1c(F)ccc2c1CCO2)c1ccc([C@H]2CCCN2)cc1. The fourth-order valence-corrected chi connectivity index (χ4v) is 4.06. The van der Waals surface area contributed by atoms with Crippen molar-refractivity contribution in [2.24, 2.45) is 9.98 Å². The molecule has 0 bridgehead atoms. The Hall–Kier alpha value is -3.76. The van der Waals surface area contributed by atoms with Gasteiger partial charge in [-0.15, -0.1) is 0 Å². The maximum absolute atomic E-state index is 14.2. The van der Waals surface area contributed by atoms with Crippen molar-refractivity contribution in [3.8, 4) is 11.8 Å². The van der Waals surface area contributed by atoms with Gasteiger partial charge in [-0.2, -0.15) is 5.26 Å². The van der Waals surface area contributed by atoms with Crippen LogP contribution >= 0.6 is 0 Å². The molecule has 1 saturated heterocycles. The topological polar surface area (TPSA) is 81.8 Å². The average molecular weight is 444 g/mol. The minimum atomic E-state index is -0.254. The van der Waals surface area contributed by atoms with Crippen LogP contribution in [0.15, 0.2) is 64.9 Å². The highest BCUT2D eigenvalue weighted by molar-refractivity contribution is 6.10. The summed E-state index contributed by atoms with van der Waals surface area (Å²) in [7, 11) is 0. The minimum absolute atomic E-state index is 0.116. The molecular weight excluding hydrogens is 417 g/mol. The fraction of sp³-hybridized carbons (Fsp3) is 0.269. The molecule has 0 spiro atoms. The molecule has 0 amide bonds. The number of hydrogen-bond acceptors (Lipinski definition) is 5. The first-order chi connectivity index (χ1) is 16.2. The number of aliphatic imine (C=N–C) groups is 2. The molecule has 7 heteroatoms. The highest BCUT2D eigenvalue weighted by Crippen LogP contribution is 2.30. The van der Waals surface area contributed by atoms with Gasteiger partial charge in [-0.3, -0.25) is 0 Å². The van der Waals surface area contributed by atoms with Crippen LogP contribution in [0.1, 0.15) is 41.1 Å². The summed E-state index contributed by atoms with van der Waals surface area (Å²) < 4.78 is 19.8. The molecule has 6 nitrogen and oxygen atoms in total. The first-order valence-corrected chi connectivity index (χ1v) is 11.0. The molecule has 0 radical (unpaired) electrons. The lowest BCUT2D eigenvalue weighted by Crippen LogP contribution is -2.13.